The van der Waals surface area contributed by atoms with E-state index in [1.807, 2.05) is 0 Å². The summed E-state index contributed by atoms with van der Waals surface area (Å²) in [6, 6.07) is 0. The first-order valence-electron chi connectivity index (χ1n) is 5.96. The highest BCUT2D eigenvalue weighted by atomic mass is 32.2. The highest BCUT2D eigenvalue weighted by Crippen LogP contribution is 2.27. The van der Waals surface area contributed by atoms with Gasteiger partial charge in [0, 0.05) is 6.42 Å². The van der Waals surface area contributed by atoms with E-state index in [1.54, 1.807) is 11.8 Å². The zero-order chi connectivity index (χ0) is 12.0. The lowest BCUT2D eigenvalue weighted by Gasteiger charge is -2.33. The Bertz CT molecular complexity index is 179. The molecule has 0 saturated carbocycles. The van der Waals surface area contributed by atoms with Crippen LogP contribution in [-0.2, 0) is 4.74 Å². The van der Waals surface area contributed by atoms with Crippen LogP contribution < -0.4 is 0 Å². The van der Waals surface area contributed by atoms with Gasteiger partial charge in [-0.15, -0.1) is 11.8 Å². The van der Waals surface area contributed by atoms with Crippen molar-refractivity contribution in [3.63, 3.8) is 0 Å². The molecule has 1 aliphatic heterocycles. The summed E-state index contributed by atoms with van der Waals surface area (Å²) in [6.07, 6.45) is 1.89. The van der Waals surface area contributed by atoms with E-state index < -0.39 is 18.5 Å². The summed E-state index contributed by atoms with van der Waals surface area (Å²) in [5, 5.41) is 28.0. The van der Waals surface area contributed by atoms with E-state index in [0.717, 1.165) is 12.2 Å². The van der Waals surface area contributed by atoms with Gasteiger partial charge in [0.05, 0.1) is 6.10 Å². The van der Waals surface area contributed by atoms with Gasteiger partial charge in [-0.2, -0.15) is 0 Å². The van der Waals surface area contributed by atoms with Gasteiger partial charge >= 0.3 is 0 Å². The molecule has 1 fully saturated rings. The summed E-state index contributed by atoms with van der Waals surface area (Å²) in [7, 11) is 0. The Morgan fingerprint density at radius 1 is 1.19 bits per heavy atom. The number of thioether (sulfide) groups is 1. The molecule has 4 atom stereocenters. The van der Waals surface area contributed by atoms with Crippen molar-refractivity contribution in [1.29, 1.82) is 0 Å². The molecule has 0 bridgehead atoms. The Morgan fingerprint density at radius 2 is 1.94 bits per heavy atom. The van der Waals surface area contributed by atoms with Crippen LogP contribution in [0.3, 0.4) is 0 Å². The maximum Gasteiger partial charge on any atom is 0.184 e. The maximum absolute atomic E-state index is 9.46. The van der Waals surface area contributed by atoms with Crippen LogP contribution in [-0.4, -0.2) is 45.0 Å². The predicted molar refractivity (Wildman–Crippen MR) is 64.1 cm³/mol. The molecule has 0 radical (unpaired) electrons. The maximum atomic E-state index is 9.46. The second-order valence-electron chi connectivity index (χ2n) is 4.18. The van der Waals surface area contributed by atoms with Gasteiger partial charge in [-0.3, -0.25) is 0 Å². The van der Waals surface area contributed by atoms with Gasteiger partial charge in [-0.05, 0) is 12.2 Å². The van der Waals surface area contributed by atoms with Crippen molar-refractivity contribution in [3.8, 4) is 0 Å². The molecular weight excluding hydrogens is 228 g/mol. The molecule has 3 N–H and O–H groups in total. The van der Waals surface area contributed by atoms with E-state index in [4.69, 9.17) is 4.74 Å². The van der Waals surface area contributed by atoms with Crippen LogP contribution >= 0.6 is 11.8 Å². The minimum absolute atomic E-state index is 0.199. The van der Waals surface area contributed by atoms with Gasteiger partial charge in [0.25, 0.3) is 0 Å². The summed E-state index contributed by atoms with van der Waals surface area (Å²) in [5.41, 5.74) is -0.199. The van der Waals surface area contributed by atoms with Crippen LogP contribution in [0.25, 0.3) is 0 Å². The van der Waals surface area contributed by atoms with Crippen LogP contribution in [0.5, 0.6) is 0 Å². The number of aliphatic hydroxyl groups excluding tert-OH is 3. The van der Waals surface area contributed by atoms with E-state index in [-0.39, 0.29) is 5.44 Å². The van der Waals surface area contributed by atoms with E-state index in [2.05, 4.69) is 6.92 Å². The summed E-state index contributed by atoms with van der Waals surface area (Å²) >= 11 is 1.60. The molecule has 0 amide bonds. The number of unbranched alkanes of at least 4 members (excludes halogenated alkanes) is 3. The SMILES string of the molecule is CCCCCCSC1C[C@H](O)[C@@H](O)C(O)O1. The van der Waals surface area contributed by atoms with Gasteiger partial charge in [0.15, 0.2) is 6.29 Å². The largest absolute Gasteiger partial charge is 0.390 e. The quantitative estimate of drug-likeness (QED) is 0.616. The molecular formula is C11H22O4S. The minimum atomic E-state index is -1.25. The Hall–Kier alpha value is 0.190. The van der Waals surface area contributed by atoms with Crippen LogP contribution in [0.1, 0.15) is 39.0 Å². The van der Waals surface area contributed by atoms with Gasteiger partial charge in [0.1, 0.15) is 11.5 Å². The van der Waals surface area contributed by atoms with E-state index in [0.29, 0.717) is 6.42 Å². The van der Waals surface area contributed by atoms with Crippen molar-refractivity contribution in [2.45, 2.75) is 63.0 Å². The van der Waals surface area contributed by atoms with E-state index >= 15 is 0 Å². The normalized spacial score (nSPS) is 35.2. The molecule has 16 heavy (non-hydrogen) atoms. The fourth-order valence-electron chi connectivity index (χ4n) is 1.67. The van der Waals surface area contributed by atoms with Crippen molar-refractivity contribution < 1.29 is 20.1 Å². The Balaban J connectivity index is 2.13. The Labute approximate surface area is 101 Å². The fourth-order valence-corrected chi connectivity index (χ4v) is 2.83. The smallest absolute Gasteiger partial charge is 0.184 e. The fraction of sp³-hybridized carbons (Fsp3) is 1.00. The van der Waals surface area contributed by atoms with Crippen molar-refractivity contribution in [2.24, 2.45) is 0 Å². The average Bonchev–Trinajstić information content (AvgIpc) is 2.25. The van der Waals surface area contributed by atoms with Crippen LogP contribution in [0.4, 0.5) is 0 Å². The zero-order valence-electron chi connectivity index (χ0n) is 9.71. The lowest BCUT2D eigenvalue weighted by molar-refractivity contribution is -0.228. The first-order valence-corrected chi connectivity index (χ1v) is 7.01. The topological polar surface area (TPSA) is 69.9 Å². The predicted octanol–water partition coefficient (Wildman–Crippen LogP) is 1.09. The van der Waals surface area contributed by atoms with Crippen LogP contribution in [0.2, 0.25) is 0 Å². The second kappa shape index (κ2) is 7.50. The van der Waals surface area contributed by atoms with Gasteiger partial charge in [-0.1, -0.05) is 26.2 Å². The van der Waals surface area contributed by atoms with Crippen LogP contribution in [0.15, 0.2) is 0 Å². The molecule has 1 heterocycles. The summed E-state index contributed by atoms with van der Waals surface area (Å²) in [4.78, 5) is 0. The molecule has 0 aliphatic carbocycles. The lowest BCUT2D eigenvalue weighted by atomic mass is 10.1. The summed E-state index contributed by atoms with van der Waals surface area (Å²) in [5.74, 6) is 0.972. The number of ether oxygens (including phenoxy) is 1. The molecule has 1 saturated heterocycles. The molecule has 1 rings (SSSR count). The minimum Gasteiger partial charge on any atom is -0.390 e. The lowest BCUT2D eigenvalue weighted by Crippen LogP contribution is -2.47. The molecule has 5 heteroatoms. The number of aliphatic hydroxyl groups is 3. The monoisotopic (exact) mass is 250 g/mol. The third-order valence-electron chi connectivity index (χ3n) is 2.71. The highest BCUT2D eigenvalue weighted by molar-refractivity contribution is 7.99. The second-order valence-corrected chi connectivity index (χ2v) is 5.45. The molecule has 0 aromatic rings. The van der Waals surface area contributed by atoms with Crippen molar-refractivity contribution >= 4 is 11.8 Å². The number of hydrogen-bond donors (Lipinski definition) is 3. The van der Waals surface area contributed by atoms with Crippen molar-refractivity contribution in [1.82, 2.24) is 0 Å². The van der Waals surface area contributed by atoms with Crippen molar-refractivity contribution in [3.05, 3.63) is 0 Å². The van der Waals surface area contributed by atoms with Crippen molar-refractivity contribution in [2.75, 3.05) is 5.75 Å². The third-order valence-corrected chi connectivity index (χ3v) is 3.91. The Morgan fingerprint density at radius 3 is 2.56 bits per heavy atom. The summed E-state index contributed by atoms with van der Waals surface area (Å²) in [6.45, 7) is 2.17. The average molecular weight is 250 g/mol. The van der Waals surface area contributed by atoms with E-state index in [1.165, 1.54) is 19.3 Å². The first kappa shape index (κ1) is 14.3. The standard InChI is InChI=1S/C11H22O4S/c1-2-3-4-5-6-16-9-7-8(12)10(13)11(14)15-9/h8-14H,2-7H2,1H3/t8-,9?,10+,11?/m0/s1. The molecule has 4 nitrogen and oxygen atoms in total. The molecule has 0 aromatic carbocycles. The third kappa shape index (κ3) is 4.59. The molecule has 0 aromatic heterocycles. The zero-order valence-corrected chi connectivity index (χ0v) is 10.5. The number of hydrogen-bond acceptors (Lipinski definition) is 5. The first-order chi connectivity index (χ1) is 7.65. The molecule has 2 unspecified atom stereocenters. The molecule has 96 valence electrons. The van der Waals surface area contributed by atoms with E-state index in [9.17, 15) is 15.3 Å². The molecule has 0 spiro atoms. The molecule has 1 aliphatic rings. The summed E-state index contributed by atoms with van der Waals surface area (Å²) < 4.78 is 5.18. The Kier molecular flexibility index (Phi) is 6.68. The number of rotatable bonds is 6. The van der Waals surface area contributed by atoms with Gasteiger partial charge in [0.2, 0.25) is 0 Å². The highest BCUT2D eigenvalue weighted by Gasteiger charge is 2.35. The van der Waals surface area contributed by atoms with Crippen LogP contribution in [0, 0.1) is 0 Å². The van der Waals surface area contributed by atoms with Gasteiger partial charge in [-0.25, -0.2) is 0 Å². The van der Waals surface area contributed by atoms with Gasteiger partial charge < -0.3 is 20.1 Å².